The van der Waals surface area contributed by atoms with Crippen molar-refractivity contribution >= 4 is 23.5 Å². The molecular weight excluding hydrogens is 378 g/mol. The Balaban J connectivity index is 1.55. The fraction of sp³-hybridized carbons (Fsp3) is 0.120. The van der Waals surface area contributed by atoms with Crippen LogP contribution in [0.25, 0.3) is 11.6 Å². The van der Waals surface area contributed by atoms with Gasteiger partial charge in [-0.25, -0.2) is 0 Å². The van der Waals surface area contributed by atoms with Crippen molar-refractivity contribution in [2.45, 2.75) is 13.5 Å². The molecule has 0 saturated carbocycles. The number of hydrogen-bond donors (Lipinski definition) is 0. The molecule has 0 aliphatic carbocycles. The normalized spacial score (nSPS) is 16.2. The van der Waals surface area contributed by atoms with E-state index in [1.807, 2.05) is 67.6 Å². The van der Waals surface area contributed by atoms with Gasteiger partial charge < -0.3 is 9.47 Å². The van der Waals surface area contributed by atoms with E-state index in [4.69, 9.17) is 9.47 Å². The molecule has 0 aromatic heterocycles. The number of rotatable bonds is 3. The minimum Gasteiger partial charge on any atom is -0.454 e. The fourth-order valence-corrected chi connectivity index (χ4v) is 3.74. The maximum atomic E-state index is 13.4. The molecule has 0 N–H and O–H groups in total. The van der Waals surface area contributed by atoms with E-state index < -0.39 is 0 Å². The lowest BCUT2D eigenvalue weighted by Gasteiger charge is -2.29. The van der Waals surface area contributed by atoms with Crippen molar-refractivity contribution < 1.29 is 19.1 Å². The molecule has 3 aromatic carbocycles. The van der Waals surface area contributed by atoms with E-state index in [1.54, 1.807) is 12.1 Å². The Kier molecular flexibility index (Phi) is 4.36. The van der Waals surface area contributed by atoms with Crippen LogP contribution in [0.15, 0.2) is 66.7 Å². The highest BCUT2D eigenvalue weighted by Crippen LogP contribution is 2.35. The molecule has 0 atom stereocenters. The number of carbonyl (C=O) groups is 2. The lowest BCUT2D eigenvalue weighted by molar-refractivity contribution is -0.123. The maximum Gasteiger partial charge on any atom is 0.261 e. The number of amides is 2. The molecule has 0 saturated heterocycles. The largest absolute Gasteiger partial charge is 0.454 e. The predicted octanol–water partition coefficient (Wildman–Crippen LogP) is 4.45. The summed E-state index contributed by atoms with van der Waals surface area (Å²) in [5.41, 5.74) is 4.55. The molecule has 30 heavy (non-hydrogen) atoms. The molecule has 3 aromatic rings. The number of benzene rings is 3. The average molecular weight is 397 g/mol. The zero-order valence-electron chi connectivity index (χ0n) is 16.4. The number of ether oxygens (including phenoxy) is 2. The quantitative estimate of drug-likeness (QED) is 0.484. The zero-order chi connectivity index (χ0) is 20.7. The summed E-state index contributed by atoms with van der Waals surface area (Å²) in [7, 11) is 0. The van der Waals surface area contributed by atoms with E-state index in [0.717, 1.165) is 16.7 Å². The molecule has 0 spiro atoms. The Labute approximate surface area is 174 Å². The zero-order valence-corrected chi connectivity index (χ0v) is 16.4. The second kappa shape index (κ2) is 7.19. The van der Waals surface area contributed by atoms with E-state index in [2.05, 4.69) is 0 Å². The highest BCUT2D eigenvalue weighted by atomic mass is 16.7. The molecule has 5 heteroatoms. The van der Waals surface area contributed by atoms with Crippen LogP contribution in [-0.4, -0.2) is 23.5 Å². The summed E-state index contributed by atoms with van der Waals surface area (Å²) in [6.07, 6.45) is 1.85. The first-order chi connectivity index (χ1) is 14.6. The molecule has 2 aliphatic rings. The predicted molar refractivity (Wildman–Crippen MR) is 113 cm³/mol. The summed E-state index contributed by atoms with van der Waals surface area (Å²) in [5, 5.41) is 0. The van der Waals surface area contributed by atoms with Gasteiger partial charge in [0.05, 0.1) is 6.54 Å². The third-order valence-electron chi connectivity index (χ3n) is 5.33. The van der Waals surface area contributed by atoms with E-state index in [1.165, 1.54) is 4.90 Å². The van der Waals surface area contributed by atoms with Crippen molar-refractivity contribution in [3.8, 4) is 11.5 Å². The Bertz CT molecular complexity index is 1190. The van der Waals surface area contributed by atoms with E-state index in [-0.39, 0.29) is 25.2 Å². The van der Waals surface area contributed by atoms with Gasteiger partial charge in [0.1, 0.15) is 0 Å². The van der Waals surface area contributed by atoms with Crippen LogP contribution < -0.4 is 9.47 Å². The summed E-state index contributed by atoms with van der Waals surface area (Å²) in [6, 6.07) is 20.6. The number of hydrogen-bond acceptors (Lipinski definition) is 4. The topological polar surface area (TPSA) is 55.8 Å². The summed E-state index contributed by atoms with van der Waals surface area (Å²) in [4.78, 5) is 27.8. The number of fused-ring (bicyclic) bond motifs is 2. The second-order valence-corrected chi connectivity index (χ2v) is 7.40. The summed E-state index contributed by atoms with van der Waals surface area (Å²) >= 11 is 0. The molecule has 0 unspecified atom stereocenters. The van der Waals surface area contributed by atoms with Crippen molar-refractivity contribution in [2.24, 2.45) is 0 Å². The third kappa shape index (κ3) is 3.14. The molecule has 0 bridgehead atoms. The van der Waals surface area contributed by atoms with Crippen LogP contribution in [0.3, 0.4) is 0 Å². The van der Waals surface area contributed by atoms with Gasteiger partial charge in [-0.1, -0.05) is 54.1 Å². The van der Waals surface area contributed by atoms with Gasteiger partial charge in [-0.05, 0) is 47.9 Å². The summed E-state index contributed by atoms with van der Waals surface area (Å²) in [5.74, 6) is 0.687. The maximum absolute atomic E-state index is 13.4. The molecule has 2 amide bonds. The van der Waals surface area contributed by atoms with Gasteiger partial charge in [-0.15, -0.1) is 0 Å². The van der Waals surface area contributed by atoms with E-state index in [0.29, 0.717) is 28.2 Å². The van der Waals surface area contributed by atoms with Crippen molar-refractivity contribution in [1.82, 2.24) is 4.90 Å². The minimum absolute atomic E-state index is 0.161. The smallest absolute Gasteiger partial charge is 0.261 e. The number of aryl methyl sites for hydroxylation is 1. The van der Waals surface area contributed by atoms with Crippen LogP contribution in [0.2, 0.25) is 0 Å². The van der Waals surface area contributed by atoms with Gasteiger partial charge in [0.25, 0.3) is 11.8 Å². The molecule has 5 rings (SSSR count). The first-order valence-corrected chi connectivity index (χ1v) is 9.72. The van der Waals surface area contributed by atoms with Gasteiger partial charge in [0, 0.05) is 11.1 Å². The van der Waals surface area contributed by atoms with Gasteiger partial charge in [-0.2, -0.15) is 0 Å². The molecule has 5 nitrogen and oxygen atoms in total. The molecule has 0 radical (unpaired) electrons. The van der Waals surface area contributed by atoms with Crippen molar-refractivity contribution in [1.29, 1.82) is 0 Å². The number of nitrogens with zero attached hydrogens (tertiary/aromatic N) is 1. The van der Waals surface area contributed by atoms with Crippen molar-refractivity contribution in [2.75, 3.05) is 6.79 Å². The number of carbonyl (C=O) groups excluding carboxylic acids is 2. The van der Waals surface area contributed by atoms with Gasteiger partial charge in [-0.3, -0.25) is 14.5 Å². The fourth-order valence-electron chi connectivity index (χ4n) is 3.74. The molecule has 2 aliphatic heterocycles. The number of imide groups is 1. The van der Waals surface area contributed by atoms with Crippen LogP contribution in [0.4, 0.5) is 0 Å². The van der Waals surface area contributed by atoms with Crippen LogP contribution in [0.5, 0.6) is 11.5 Å². The van der Waals surface area contributed by atoms with Gasteiger partial charge in [0.2, 0.25) is 6.79 Å². The summed E-state index contributed by atoms with van der Waals surface area (Å²) in [6.45, 7) is 2.36. The van der Waals surface area contributed by atoms with Crippen LogP contribution >= 0.6 is 0 Å². The molecule has 2 heterocycles. The molecular formula is C25H19NO4. The molecule has 148 valence electrons. The van der Waals surface area contributed by atoms with Crippen molar-refractivity contribution in [3.05, 3.63) is 94.5 Å². The monoisotopic (exact) mass is 397 g/mol. The molecule has 0 fully saturated rings. The highest BCUT2D eigenvalue weighted by molar-refractivity contribution is 6.33. The third-order valence-corrected chi connectivity index (χ3v) is 5.33. The van der Waals surface area contributed by atoms with Gasteiger partial charge >= 0.3 is 0 Å². The van der Waals surface area contributed by atoms with E-state index in [9.17, 15) is 9.59 Å². The summed E-state index contributed by atoms with van der Waals surface area (Å²) < 4.78 is 10.8. The lowest BCUT2D eigenvalue weighted by atomic mass is 9.91. The van der Waals surface area contributed by atoms with Crippen LogP contribution in [0, 0.1) is 6.92 Å². The van der Waals surface area contributed by atoms with Crippen molar-refractivity contribution in [3.63, 3.8) is 0 Å². The second-order valence-electron chi connectivity index (χ2n) is 7.40. The Hall–Kier alpha value is -3.86. The van der Waals surface area contributed by atoms with Crippen LogP contribution in [-0.2, 0) is 11.3 Å². The average Bonchev–Trinajstić information content (AvgIpc) is 3.23. The Morgan fingerprint density at radius 3 is 2.40 bits per heavy atom. The standard InChI is InChI=1S/C25H19NO4/c1-16-6-8-17(9-7-16)12-21-19-4-2-3-5-20(19)24(27)26(25(21)28)14-18-10-11-22-23(13-18)30-15-29-22/h2-13H,14-15H2,1H3/b21-12+. The van der Waals surface area contributed by atoms with Gasteiger partial charge in [0.15, 0.2) is 11.5 Å². The Morgan fingerprint density at radius 2 is 1.60 bits per heavy atom. The minimum atomic E-state index is -0.308. The Morgan fingerprint density at radius 1 is 0.867 bits per heavy atom. The van der Waals surface area contributed by atoms with Crippen LogP contribution in [0.1, 0.15) is 32.6 Å². The first-order valence-electron chi connectivity index (χ1n) is 9.72. The SMILES string of the molecule is Cc1ccc(/C=C2/C(=O)N(Cc3ccc4c(c3)OCO4)C(=O)c3ccccc32)cc1. The van der Waals surface area contributed by atoms with E-state index >= 15 is 0 Å². The lowest BCUT2D eigenvalue weighted by Crippen LogP contribution is -2.41. The first kappa shape index (κ1) is 18.2. The highest BCUT2D eigenvalue weighted by Gasteiger charge is 2.34.